The Morgan fingerprint density at radius 2 is 1.94 bits per heavy atom. The fourth-order valence-corrected chi connectivity index (χ4v) is 5.43. The summed E-state index contributed by atoms with van der Waals surface area (Å²) >= 11 is 0. The molecule has 11 heteroatoms. The summed E-state index contributed by atoms with van der Waals surface area (Å²) in [5.41, 5.74) is -0.655. The zero-order chi connectivity index (χ0) is 25.1. The lowest BCUT2D eigenvalue weighted by molar-refractivity contribution is -0.211. The molecule has 4 rings (SSSR count). The van der Waals surface area contributed by atoms with Gasteiger partial charge in [0, 0.05) is 23.4 Å². The molecule has 1 aromatic carbocycles. The Balaban J connectivity index is 1.69. The minimum absolute atomic E-state index is 0.107. The highest BCUT2D eigenvalue weighted by molar-refractivity contribution is 7.88. The summed E-state index contributed by atoms with van der Waals surface area (Å²) in [6, 6.07) is 2.48. The van der Waals surface area contributed by atoms with Gasteiger partial charge in [0.25, 0.3) is 5.91 Å². The molecule has 1 heterocycles. The van der Waals surface area contributed by atoms with Gasteiger partial charge in [-0.05, 0) is 50.7 Å². The second-order valence-electron chi connectivity index (χ2n) is 10.0. The van der Waals surface area contributed by atoms with Crippen LogP contribution in [0.5, 0.6) is 0 Å². The van der Waals surface area contributed by atoms with Crippen molar-refractivity contribution >= 4 is 15.9 Å². The number of carbonyl (C=O) groups is 1. The number of hydrogen-bond donors (Lipinski definition) is 2. The Kier molecular flexibility index (Phi) is 6.02. The third-order valence-corrected chi connectivity index (χ3v) is 7.68. The average molecular weight is 503 g/mol. The van der Waals surface area contributed by atoms with Crippen molar-refractivity contribution in [1.82, 2.24) is 9.62 Å². The number of nitrogens with zero attached hydrogens (tertiary/aromatic N) is 1. The summed E-state index contributed by atoms with van der Waals surface area (Å²) in [6.45, 7) is 1.81. The van der Waals surface area contributed by atoms with E-state index < -0.39 is 51.5 Å². The lowest BCUT2D eigenvalue weighted by Gasteiger charge is -2.31. The molecule has 3 atom stereocenters. The number of amides is 1. The second kappa shape index (κ2) is 8.21. The number of benzene rings is 1. The van der Waals surface area contributed by atoms with E-state index >= 15 is 4.39 Å². The van der Waals surface area contributed by atoms with E-state index in [4.69, 9.17) is 0 Å². The number of halogens is 4. The van der Waals surface area contributed by atoms with Crippen molar-refractivity contribution in [3.63, 3.8) is 0 Å². The van der Waals surface area contributed by atoms with Crippen LogP contribution in [-0.4, -0.2) is 61.5 Å². The van der Waals surface area contributed by atoms with Gasteiger partial charge in [0.15, 0.2) is 0 Å². The number of likely N-dealkylation sites (tertiary alicyclic amines) is 1. The molecule has 6 nitrogen and oxygen atoms in total. The fraction of sp³-hybridized carbons (Fsp3) is 0.609. The molecule has 2 saturated carbocycles. The van der Waals surface area contributed by atoms with Gasteiger partial charge in [-0.15, -0.1) is 0 Å². The second-order valence-corrected chi connectivity index (χ2v) is 11.8. The zero-order valence-electron chi connectivity index (χ0n) is 18.7. The summed E-state index contributed by atoms with van der Waals surface area (Å²) in [4.78, 5) is 13.5. The molecule has 1 spiro atoms. The Bertz CT molecular complexity index is 1160. The van der Waals surface area contributed by atoms with Gasteiger partial charge >= 0.3 is 6.18 Å². The molecular weight excluding hydrogens is 476 g/mol. The molecule has 1 aromatic rings. The molecule has 34 heavy (non-hydrogen) atoms. The normalized spacial score (nSPS) is 25.6. The van der Waals surface area contributed by atoms with Crippen molar-refractivity contribution in [2.24, 2.45) is 10.8 Å². The monoisotopic (exact) mass is 502 g/mol. The molecule has 1 aliphatic heterocycles. The number of aliphatic hydroxyl groups is 1. The van der Waals surface area contributed by atoms with Crippen LogP contribution in [0, 0.1) is 28.5 Å². The fourth-order valence-electron chi connectivity index (χ4n) is 4.56. The van der Waals surface area contributed by atoms with Crippen molar-refractivity contribution in [3.05, 3.63) is 35.1 Å². The summed E-state index contributed by atoms with van der Waals surface area (Å²) in [7, 11) is -3.79. The highest BCUT2D eigenvalue weighted by Gasteiger charge is 2.62. The number of nitrogens with one attached hydrogen (secondary N) is 1. The summed E-state index contributed by atoms with van der Waals surface area (Å²) in [5, 5.41) is 9.61. The van der Waals surface area contributed by atoms with Gasteiger partial charge in [0.05, 0.1) is 17.9 Å². The molecule has 186 valence electrons. The SMILES string of the molecule is CC1(C#Cc2cccc(CC3C(NS(C)(=O)=O)C4(CC4)CN3C(=O)[C@H](O)C(F)(F)F)c2F)CC1. The molecule has 1 amide bonds. The maximum Gasteiger partial charge on any atom is 0.423 e. The number of sulfonamides is 1. The van der Waals surface area contributed by atoms with Gasteiger partial charge in [0.2, 0.25) is 16.1 Å². The van der Waals surface area contributed by atoms with E-state index in [2.05, 4.69) is 16.6 Å². The molecule has 0 bridgehead atoms. The van der Waals surface area contributed by atoms with Crippen LogP contribution in [0.2, 0.25) is 0 Å². The van der Waals surface area contributed by atoms with E-state index in [1.165, 1.54) is 12.1 Å². The zero-order valence-corrected chi connectivity index (χ0v) is 19.6. The van der Waals surface area contributed by atoms with Gasteiger partial charge in [-0.3, -0.25) is 4.79 Å². The molecule has 2 unspecified atom stereocenters. The van der Waals surface area contributed by atoms with E-state index in [1.54, 1.807) is 6.07 Å². The summed E-state index contributed by atoms with van der Waals surface area (Å²) in [5.74, 6) is 3.63. The predicted octanol–water partition coefficient (Wildman–Crippen LogP) is 2.35. The lowest BCUT2D eigenvalue weighted by Crippen LogP contribution is -2.53. The van der Waals surface area contributed by atoms with Gasteiger partial charge in [0.1, 0.15) is 5.82 Å². The maximum absolute atomic E-state index is 15.3. The largest absolute Gasteiger partial charge is 0.423 e. The van der Waals surface area contributed by atoms with Gasteiger partial charge in [-0.1, -0.05) is 24.0 Å². The minimum Gasteiger partial charge on any atom is -0.376 e. The van der Waals surface area contributed by atoms with Crippen molar-refractivity contribution in [3.8, 4) is 11.8 Å². The Labute approximate surface area is 195 Å². The van der Waals surface area contributed by atoms with Crippen molar-refractivity contribution in [2.75, 3.05) is 12.8 Å². The van der Waals surface area contributed by atoms with Crippen LogP contribution in [0.1, 0.15) is 43.7 Å². The molecular formula is C23H26F4N2O4S. The van der Waals surface area contributed by atoms with E-state index in [-0.39, 0.29) is 29.5 Å². The average Bonchev–Trinajstić information content (AvgIpc) is 3.63. The summed E-state index contributed by atoms with van der Waals surface area (Å²) < 4.78 is 81.1. The standard InChI is InChI=1S/C23H26F4N2O4S/c1-21(8-9-21)7-6-14-4-3-5-15(17(14)24)12-16-18(28-34(2,32)33)22(10-11-22)13-29(16)20(31)19(30)23(25,26)27/h3-5,16,18-19,28,30H,8-13H2,1-2H3/t16?,18?,19-/m0/s1. The third-order valence-electron chi connectivity index (χ3n) is 7.00. The molecule has 0 radical (unpaired) electrons. The molecule has 3 fully saturated rings. The minimum atomic E-state index is -5.18. The first kappa shape index (κ1) is 24.9. The van der Waals surface area contributed by atoms with E-state index in [1.807, 2.05) is 6.92 Å². The lowest BCUT2D eigenvalue weighted by atomic mass is 9.92. The van der Waals surface area contributed by atoms with Crippen molar-refractivity contribution in [1.29, 1.82) is 0 Å². The number of rotatable bonds is 5. The van der Waals surface area contributed by atoms with E-state index in [0.29, 0.717) is 12.8 Å². The van der Waals surface area contributed by atoms with Gasteiger partial charge < -0.3 is 10.0 Å². The Morgan fingerprint density at radius 3 is 2.47 bits per heavy atom. The molecule has 0 aromatic heterocycles. The van der Waals surface area contributed by atoms with Crippen LogP contribution in [0.15, 0.2) is 18.2 Å². The molecule has 2 N–H and O–H groups in total. The first-order valence-corrected chi connectivity index (χ1v) is 12.9. The number of hydrogen-bond acceptors (Lipinski definition) is 4. The van der Waals surface area contributed by atoms with Crippen LogP contribution in [0.25, 0.3) is 0 Å². The number of carbonyl (C=O) groups excluding carboxylic acids is 1. The maximum atomic E-state index is 15.3. The molecule has 3 aliphatic rings. The van der Waals surface area contributed by atoms with Crippen molar-refractivity contribution < 1.29 is 35.9 Å². The first-order chi connectivity index (χ1) is 15.6. The van der Waals surface area contributed by atoms with Crippen LogP contribution >= 0.6 is 0 Å². The number of aliphatic hydroxyl groups excluding tert-OH is 1. The van der Waals surface area contributed by atoms with Crippen LogP contribution in [0.3, 0.4) is 0 Å². The van der Waals surface area contributed by atoms with Crippen LogP contribution in [-0.2, 0) is 21.2 Å². The molecule has 1 saturated heterocycles. The predicted molar refractivity (Wildman–Crippen MR) is 115 cm³/mol. The quantitative estimate of drug-likeness (QED) is 0.478. The summed E-state index contributed by atoms with van der Waals surface area (Å²) in [6.07, 6.45) is -4.91. The van der Waals surface area contributed by atoms with E-state index in [0.717, 1.165) is 24.0 Å². The van der Waals surface area contributed by atoms with Gasteiger partial charge in [-0.25, -0.2) is 17.5 Å². The van der Waals surface area contributed by atoms with Crippen LogP contribution in [0.4, 0.5) is 17.6 Å². The Hall–Kier alpha value is -2.16. The highest BCUT2D eigenvalue weighted by Crippen LogP contribution is 2.56. The Morgan fingerprint density at radius 1 is 1.29 bits per heavy atom. The highest BCUT2D eigenvalue weighted by atomic mass is 32.2. The topological polar surface area (TPSA) is 86.7 Å². The third kappa shape index (κ3) is 5.09. The van der Waals surface area contributed by atoms with Crippen molar-refractivity contribution in [2.45, 2.75) is 63.4 Å². The van der Waals surface area contributed by atoms with Crippen LogP contribution < -0.4 is 4.72 Å². The molecule has 2 aliphatic carbocycles. The van der Waals surface area contributed by atoms with E-state index in [9.17, 15) is 31.5 Å². The first-order valence-electron chi connectivity index (χ1n) is 11.0. The van der Waals surface area contributed by atoms with Gasteiger partial charge in [-0.2, -0.15) is 13.2 Å². The smallest absolute Gasteiger partial charge is 0.376 e. The number of alkyl halides is 3.